The third-order valence-electron chi connectivity index (χ3n) is 19.5. The van der Waals surface area contributed by atoms with Crippen molar-refractivity contribution in [2.24, 2.45) is 0 Å². The molecule has 0 aliphatic rings. The van der Waals surface area contributed by atoms with Gasteiger partial charge in [-0.15, -0.1) is 0 Å². The number of aromatic nitrogens is 4. The summed E-state index contributed by atoms with van der Waals surface area (Å²) in [6.45, 7) is 0. The van der Waals surface area contributed by atoms with Crippen molar-refractivity contribution in [1.29, 1.82) is 0 Å². The summed E-state index contributed by atoms with van der Waals surface area (Å²) in [4.78, 5) is 21.0. The van der Waals surface area contributed by atoms with Crippen LogP contribution in [0.1, 0.15) is 0 Å². The molecule has 19 rings (SSSR count). The van der Waals surface area contributed by atoms with Gasteiger partial charge < -0.3 is 0 Å². The molecule has 15 aromatic carbocycles. The van der Waals surface area contributed by atoms with Crippen LogP contribution in [0, 0.1) is 0 Å². The van der Waals surface area contributed by atoms with Crippen molar-refractivity contribution >= 4 is 75.8 Å². The van der Waals surface area contributed by atoms with Gasteiger partial charge in [0, 0.05) is 54.7 Å². The molecule has 0 amide bonds. The highest BCUT2D eigenvalue weighted by Gasteiger charge is 2.21. The lowest BCUT2D eigenvalue weighted by atomic mass is 9.89. The van der Waals surface area contributed by atoms with Crippen molar-refractivity contribution in [2.75, 3.05) is 0 Å². The topological polar surface area (TPSA) is 51.6 Å². The zero-order valence-corrected chi connectivity index (χ0v) is 54.6. The minimum Gasteiger partial charge on any atom is -0.248 e. The Hall–Kier alpha value is -13.3. The highest BCUT2D eigenvalue weighted by molar-refractivity contribution is 6.19. The number of nitrogens with zero attached hydrogens (tertiary/aromatic N) is 4. The second-order valence-corrected chi connectivity index (χ2v) is 25.5. The summed E-state index contributed by atoms with van der Waals surface area (Å²) < 4.78 is 0. The van der Waals surface area contributed by atoms with Gasteiger partial charge in [-0.25, -0.2) is 19.9 Å². The molecule has 4 nitrogen and oxygen atoms in total. The first-order chi connectivity index (χ1) is 49.6. The molecule has 0 aliphatic carbocycles. The summed E-state index contributed by atoms with van der Waals surface area (Å²) in [6.07, 6.45) is 0. The van der Waals surface area contributed by atoms with Crippen LogP contribution < -0.4 is 0 Å². The van der Waals surface area contributed by atoms with Crippen LogP contribution >= 0.6 is 0 Å². The Labute approximate surface area is 580 Å². The molecule has 0 saturated carbocycles. The Kier molecular flexibility index (Phi) is 15.2. The molecule has 19 aromatic rings. The summed E-state index contributed by atoms with van der Waals surface area (Å²) in [5.41, 5.74) is 25.0. The molecule has 0 fully saturated rings. The van der Waals surface area contributed by atoms with Crippen LogP contribution in [-0.2, 0) is 0 Å². The summed E-state index contributed by atoms with van der Waals surface area (Å²) >= 11 is 0. The molecule has 4 heteroatoms. The monoisotopic (exact) mass is 1270 g/mol. The van der Waals surface area contributed by atoms with Crippen molar-refractivity contribution in [3.8, 4) is 112 Å². The lowest BCUT2D eigenvalue weighted by molar-refractivity contribution is 1.32. The van der Waals surface area contributed by atoms with E-state index in [4.69, 9.17) is 19.9 Å². The van der Waals surface area contributed by atoms with Gasteiger partial charge in [0.2, 0.25) is 0 Å². The van der Waals surface area contributed by atoms with E-state index in [1.165, 1.54) is 60.1 Å². The van der Waals surface area contributed by atoms with Crippen LogP contribution in [0.2, 0.25) is 0 Å². The molecule has 0 aliphatic heterocycles. The molecule has 0 spiro atoms. The van der Waals surface area contributed by atoms with E-state index in [2.05, 4.69) is 364 Å². The minimum atomic E-state index is 0.943. The predicted molar refractivity (Wildman–Crippen MR) is 421 cm³/mol. The van der Waals surface area contributed by atoms with E-state index in [1.807, 2.05) is 12.1 Å². The Balaban J connectivity index is 0.000000144. The Morgan fingerprint density at radius 3 is 1.07 bits per heavy atom. The van der Waals surface area contributed by atoms with Gasteiger partial charge in [0.25, 0.3) is 0 Å². The normalized spacial score (nSPS) is 11.4. The van der Waals surface area contributed by atoms with Gasteiger partial charge in [-0.2, -0.15) is 0 Å². The van der Waals surface area contributed by atoms with E-state index >= 15 is 0 Å². The van der Waals surface area contributed by atoms with Gasteiger partial charge in [0.15, 0.2) is 0 Å². The molecule has 4 heterocycles. The van der Waals surface area contributed by atoms with Crippen LogP contribution in [0.5, 0.6) is 0 Å². The van der Waals surface area contributed by atoms with Crippen LogP contribution in [0.3, 0.4) is 0 Å². The van der Waals surface area contributed by atoms with E-state index in [1.54, 1.807) is 0 Å². The molecule has 4 aromatic heterocycles. The maximum absolute atomic E-state index is 5.49. The van der Waals surface area contributed by atoms with Crippen LogP contribution in [0.25, 0.3) is 188 Å². The summed E-state index contributed by atoms with van der Waals surface area (Å²) in [5.74, 6) is 0. The SMILES string of the molecule is c1ccc(-c2cc(-c3ccccc3)nc(-c3ccc(-c4cc(-c5ccccc5)nc5c4cc(-c4ccccc4)c4ccccc45)cc3)c2)cc1.c1ccc2nc(-c3ccc(-c4cc(-c5cccc6ccccc56)nc5c4cc(-c4cccc6ccccc46)c4ccccc45)cc3)ccc2c1. The fraction of sp³-hybridized carbons (Fsp3) is 0. The smallest absolute Gasteiger partial charge is 0.0794 e. The van der Waals surface area contributed by atoms with E-state index in [9.17, 15) is 0 Å². The third-order valence-corrected chi connectivity index (χ3v) is 19.5. The fourth-order valence-electron chi connectivity index (χ4n) is 14.6. The summed E-state index contributed by atoms with van der Waals surface area (Å²) in [5, 5.41) is 13.0. The average Bonchev–Trinajstić information content (AvgIpc) is 0.744. The first-order valence-corrected chi connectivity index (χ1v) is 34.1. The fourth-order valence-corrected chi connectivity index (χ4v) is 14.6. The van der Waals surface area contributed by atoms with Crippen LogP contribution in [0.4, 0.5) is 0 Å². The zero-order chi connectivity index (χ0) is 66.3. The summed E-state index contributed by atoms with van der Waals surface area (Å²) in [6, 6.07) is 134. The predicted octanol–water partition coefficient (Wildman–Crippen LogP) is 25.7. The van der Waals surface area contributed by atoms with E-state index < -0.39 is 0 Å². The van der Waals surface area contributed by atoms with Gasteiger partial charge in [-0.3, -0.25) is 0 Å². The Morgan fingerprint density at radius 2 is 0.500 bits per heavy atom. The van der Waals surface area contributed by atoms with Crippen molar-refractivity contribution in [2.45, 2.75) is 0 Å². The van der Waals surface area contributed by atoms with E-state index in [0.717, 1.165) is 128 Å². The minimum absolute atomic E-state index is 0.943. The second-order valence-electron chi connectivity index (χ2n) is 25.5. The Bertz CT molecular complexity index is 6230. The zero-order valence-electron chi connectivity index (χ0n) is 54.6. The summed E-state index contributed by atoms with van der Waals surface area (Å²) in [7, 11) is 0. The molecule has 0 unspecified atom stereocenters. The molecule has 0 N–H and O–H groups in total. The van der Waals surface area contributed by atoms with Gasteiger partial charge >= 0.3 is 0 Å². The van der Waals surface area contributed by atoms with Gasteiger partial charge in [-0.05, 0) is 136 Å². The highest BCUT2D eigenvalue weighted by Crippen LogP contribution is 2.45. The first kappa shape index (κ1) is 59.2. The maximum Gasteiger partial charge on any atom is 0.0794 e. The standard InChI is InChI=1S/C48H30N2.C48H32N2/c1-4-16-36-31(11-1)14-9-20-38(36)43-29-44-42(33-23-25-35(26-24-33)46-28-27-34-13-3-8-22-45(34)49-46)30-47(50-48(44)41-19-7-6-18-39(41)43)40-21-10-15-32-12-2-5-17-37(32)40;1-5-15-33(16-6-1)39-29-45(36-19-9-3-10-20-36)49-46(30-39)38-27-25-35(26-28-38)43-32-47(37-21-11-4-12-22-37)50-48-41-24-14-13-23-40(41)42(31-44(43)48)34-17-7-2-8-18-34/h1-30H;1-32H. The molecule has 0 atom stereocenters. The van der Waals surface area contributed by atoms with Gasteiger partial charge in [-0.1, -0.05) is 328 Å². The molecular formula is C96H62N4. The van der Waals surface area contributed by atoms with Gasteiger partial charge in [0.05, 0.1) is 45.0 Å². The average molecular weight is 1270 g/mol. The molecular weight excluding hydrogens is 1210 g/mol. The maximum atomic E-state index is 5.49. The van der Waals surface area contributed by atoms with E-state index in [-0.39, 0.29) is 0 Å². The molecule has 0 bridgehead atoms. The van der Waals surface area contributed by atoms with Crippen LogP contribution in [0.15, 0.2) is 376 Å². The Morgan fingerprint density at radius 1 is 0.140 bits per heavy atom. The van der Waals surface area contributed by atoms with E-state index in [0.29, 0.717) is 0 Å². The number of benzene rings is 15. The third kappa shape index (κ3) is 11.2. The first-order valence-electron chi connectivity index (χ1n) is 34.1. The highest BCUT2D eigenvalue weighted by atomic mass is 14.7. The number of rotatable bonds is 10. The molecule has 0 radical (unpaired) electrons. The van der Waals surface area contributed by atoms with Crippen molar-refractivity contribution in [1.82, 2.24) is 19.9 Å². The number of para-hydroxylation sites is 1. The number of hydrogen-bond acceptors (Lipinski definition) is 4. The molecule has 466 valence electrons. The van der Waals surface area contributed by atoms with Crippen molar-refractivity contribution < 1.29 is 0 Å². The largest absolute Gasteiger partial charge is 0.248 e. The quantitative estimate of drug-likeness (QED) is 0.128. The molecule has 0 saturated heterocycles. The lowest BCUT2D eigenvalue weighted by Crippen LogP contribution is -1.94. The second kappa shape index (κ2) is 25.7. The van der Waals surface area contributed by atoms with Crippen molar-refractivity contribution in [3.63, 3.8) is 0 Å². The number of pyridine rings is 4. The number of hydrogen-bond donors (Lipinski definition) is 0. The lowest BCUT2D eigenvalue weighted by Gasteiger charge is -2.17. The molecule has 100 heavy (non-hydrogen) atoms. The van der Waals surface area contributed by atoms with Crippen molar-refractivity contribution in [3.05, 3.63) is 376 Å². The van der Waals surface area contributed by atoms with Gasteiger partial charge in [0.1, 0.15) is 0 Å². The van der Waals surface area contributed by atoms with Crippen LogP contribution in [-0.4, -0.2) is 19.9 Å². The number of fused-ring (bicyclic) bond motifs is 9.